The van der Waals surface area contributed by atoms with Gasteiger partial charge < -0.3 is 10.6 Å². The van der Waals surface area contributed by atoms with Crippen LogP contribution in [0.2, 0.25) is 0 Å². The fourth-order valence-corrected chi connectivity index (χ4v) is 2.46. The summed E-state index contributed by atoms with van der Waals surface area (Å²) in [5, 5.41) is 0. The van der Waals surface area contributed by atoms with Crippen molar-refractivity contribution in [2.75, 3.05) is 18.8 Å². The lowest BCUT2D eigenvalue weighted by atomic mass is 9.96. The number of carbonyl (C=O) groups is 1. The largest absolute Gasteiger partial charge is 0.399 e. The van der Waals surface area contributed by atoms with Gasteiger partial charge in [-0.05, 0) is 37.0 Å². The lowest BCUT2D eigenvalue weighted by molar-refractivity contribution is -0.131. The van der Waals surface area contributed by atoms with Crippen LogP contribution in [-0.4, -0.2) is 23.9 Å². The molecule has 0 fully saturated rings. The summed E-state index contributed by atoms with van der Waals surface area (Å²) < 4.78 is 0. The van der Waals surface area contributed by atoms with E-state index in [4.69, 9.17) is 5.73 Å². The Morgan fingerprint density at radius 2 is 2.05 bits per heavy atom. The van der Waals surface area contributed by atoms with E-state index in [2.05, 4.69) is 19.9 Å². The fraction of sp³-hybridized carbons (Fsp3) is 0.438. The lowest BCUT2D eigenvalue weighted by Gasteiger charge is -2.27. The Kier molecular flexibility index (Phi) is 4.25. The first-order valence-electron chi connectivity index (χ1n) is 6.85. The van der Waals surface area contributed by atoms with Crippen LogP contribution >= 0.6 is 0 Å². The number of amides is 1. The van der Waals surface area contributed by atoms with E-state index in [0.29, 0.717) is 6.42 Å². The first-order chi connectivity index (χ1) is 9.06. The van der Waals surface area contributed by atoms with Crippen molar-refractivity contribution in [2.45, 2.75) is 32.6 Å². The van der Waals surface area contributed by atoms with E-state index in [1.54, 1.807) is 0 Å². The summed E-state index contributed by atoms with van der Waals surface area (Å²) in [5.41, 5.74) is 8.91. The molecule has 0 aliphatic carbocycles. The molecule has 3 nitrogen and oxygen atoms in total. The van der Waals surface area contributed by atoms with Crippen LogP contribution in [0.25, 0.3) is 0 Å². The van der Waals surface area contributed by atoms with Crippen molar-refractivity contribution in [1.82, 2.24) is 4.90 Å². The average Bonchev–Trinajstić information content (AvgIpc) is 2.39. The number of hydrogen-bond donors (Lipinski definition) is 1. The molecule has 1 heterocycles. The normalized spacial score (nSPS) is 16.9. The Labute approximate surface area is 115 Å². The topological polar surface area (TPSA) is 46.3 Å². The third-order valence-electron chi connectivity index (χ3n) is 3.67. The molecule has 2 N–H and O–H groups in total. The van der Waals surface area contributed by atoms with Crippen LogP contribution in [0.3, 0.4) is 0 Å². The van der Waals surface area contributed by atoms with E-state index in [9.17, 15) is 4.79 Å². The number of carbonyl (C=O) groups excluding carboxylic acids is 1. The lowest BCUT2D eigenvalue weighted by Crippen LogP contribution is -2.35. The van der Waals surface area contributed by atoms with Gasteiger partial charge in [-0.3, -0.25) is 4.79 Å². The first kappa shape index (κ1) is 13.7. The SMILES string of the molecule is CC1=CCCN(C(=O)CC(C)c2ccc(N)cc2)C1. The molecule has 1 amide bonds. The molecule has 1 aliphatic heterocycles. The molecular formula is C16H22N2O. The number of nitrogen functional groups attached to an aromatic ring is 1. The van der Waals surface area contributed by atoms with Crippen molar-refractivity contribution < 1.29 is 4.79 Å². The average molecular weight is 258 g/mol. The van der Waals surface area contributed by atoms with Crippen LogP contribution in [0.1, 0.15) is 38.2 Å². The smallest absolute Gasteiger partial charge is 0.223 e. The maximum atomic E-state index is 12.3. The van der Waals surface area contributed by atoms with Crippen LogP contribution in [0, 0.1) is 0 Å². The van der Waals surface area contributed by atoms with Gasteiger partial charge >= 0.3 is 0 Å². The zero-order valence-electron chi connectivity index (χ0n) is 11.7. The van der Waals surface area contributed by atoms with Crippen LogP contribution in [0.4, 0.5) is 5.69 Å². The Morgan fingerprint density at radius 3 is 2.68 bits per heavy atom. The van der Waals surface area contributed by atoms with Gasteiger partial charge in [0.25, 0.3) is 0 Å². The van der Waals surface area contributed by atoms with Crippen LogP contribution < -0.4 is 5.73 Å². The molecule has 1 aromatic rings. The van der Waals surface area contributed by atoms with Gasteiger partial charge in [-0.15, -0.1) is 0 Å². The van der Waals surface area contributed by atoms with E-state index < -0.39 is 0 Å². The molecule has 3 heteroatoms. The Hall–Kier alpha value is -1.77. The van der Waals surface area contributed by atoms with Gasteiger partial charge in [0.1, 0.15) is 0 Å². The fourth-order valence-electron chi connectivity index (χ4n) is 2.46. The quantitative estimate of drug-likeness (QED) is 0.669. The van der Waals surface area contributed by atoms with E-state index in [1.807, 2.05) is 29.2 Å². The standard InChI is InChI=1S/C16H22N2O/c1-12-4-3-9-18(11-12)16(19)10-13(2)14-5-7-15(17)8-6-14/h4-8,13H,3,9-11,17H2,1-2H3. The van der Waals surface area contributed by atoms with Crippen LogP contribution in [-0.2, 0) is 4.79 Å². The van der Waals surface area contributed by atoms with E-state index in [-0.39, 0.29) is 11.8 Å². The summed E-state index contributed by atoms with van der Waals surface area (Å²) in [7, 11) is 0. The third-order valence-corrected chi connectivity index (χ3v) is 3.67. The highest BCUT2D eigenvalue weighted by Crippen LogP contribution is 2.22. The summed E-state index contributed by atoms with van der Waals surface area (Å²) in [6.07, 6.45) is 3.76. The molecule has 0 spiro atoms. The summed E-state index contributed by atoms with van der Waals surface area (Å²) >= 11 is 0. The minimum atomic E-state index is 0.235. The minimum Gasteiger partial charge on any atom is -0.399 e. The second-order valence-corrected chi connectivity index (χ2v) is 5.43. The second kappa shape index (κ2) is 5.91. The van der Waals surface area contributed by atoms with Gasteiger partial charge in [-0.2, -0.15) is 0 Å². The van der Waals surface area contributed by atoms with E-state index in [1.165, 1.54) is 11.1 Å². The molecule has 1 aromatic carbocycles. The number of nitrogens with zero attached hydrogens (tertiary/aromatic N) is 1. The molecule has 1 unspecified atom stereocenters. The van der Waals surface area contributed by atoms with Gasteiger partial charge in [0.2, 0.25) is 5.91 Å². The minimum absolute atomic E-state index is 0.235. The Morgan fingerprint density at radius 1 is 1.37 bits per heavy atom. The van der Waals surface area contributed by atoms with Gasteiger partial charge in [-0.1, -0.05) is 30.7 Å². The van der Waals surface area contributed by atoms with Gasteiger partial charge in [0, 0.05) is 25.2 Å². The van der Waals surface area contributed by atoms with Crippen molar-refractivity contribution >= 4 is 11.6 Å². The van der Waals surface area contributed by atoms with Crippen molar-refractivity contribution in [3.05, 3.63) is 41.5 Å². The second-order valence-electron chi connectivity index (χ2n) is 5.43. The summed E-state index contributed by atoms with van der Waals surface area (Å²) in [5.74, 6) is 0.482. The van der Waals surface area contributed by atoms with Crippen LogP contribution in [0.15, 0.2) is 35.9 Å². The van der Waals surface area contributed by atoms with Crippen molar-refractivity contribution in [3.8, 4) is 0 Å². The highest BCUT2D eigenvalue weighted by Gasteiger charge is 2.19. The van der Waals surface area contributed by atoms with Crippen LogP contribution in [0.5, 0.6) is 0 Å². The van der Waals surface area contributed by atoms with Gasteiger partial charge in [0.15, 0.2) is 0 Å². The Balaban J connectivity index is 1.95. The number of hydrogen-bond acceptors (Lipinski definition) is 2. The van der Waals surface area contributed by atoms with Gasteiger partial charge in [-0.25, -0.2) is 0 Å². The highest BCUT2D eigenvalue weighted by atomic mass is 16.2. The molecule has 0 radical (unpaired) electrons. The van der Waals surface area contributed by atoms with E-state index in [0.717, 1.165) is 25.2 Å². The monoisotopic (exact) mass is 258 g/mol. The number of nitrogens with two attached hydrogens (primary N) is 1. The van der Waals surface area contributed by atoms with Crippen molar-refractivity contribution in [2.24, 2.45) is 0 Å². The molecule has 2 rings (SSSR count). The molecule has 19 heavy (non-hydrogen) atoms. The maximum Gasteiger partial charge on any atom is 0.223 e. The first-order valence-corrected chi connectivity index (χ1v) is 6.85. The van der Waals surface area contributed by atoms with Gasteiger partial charge in [0.05, 0.1) is 0 Å². The number of anilines is 1. The molecule has 1 aliphatic rings. The number of benzene rings is 1. The predicted octanol–water partition coefficient (Wildman–Crippen LogP) is 2.94. The zero-order chi connectivity index (χ0) is 13.8. The molecule has 102 valence electrons. The summed E-state index contributed by atoms with van der Waals surface area (Å²) in [6, 6.07) is 7.80. The zero-order valence-corrected chi connectivity index (χ0v) is 11.7. The molecular weight excluding hydrogens is 236 g/mol. The molecule has 1 atom stereocenters. The molecule has 0 saturated carbocycles. The summed E-state index contributed by atoms with van der Waals surface area (Å²) in [4.78, 5) is 14.2. The van der Waals surface area contributed by atoms with Crippen molar-refractivity contribution in [1.29, 1.82) is 0 Å². The van der Waals surface area contributed by atoms with Crippen molar-refractivity contribution in [3.63, 3.8) is 0 Å². The molecule has 0 aromatic heterocycles. The highest BCUT2D eigenvalue weighted by molar-refractivity contribution is 5.77. The third kappa shape index (κ3) is 3.60. The summed E-state index contributed by atoms with van der Waals surface area (Å²) in [6.45, 7) is 5.82. The molecule has 0 bridgehead atoms. The van der Waals surface area contributed by atoms with E-state index >= 15 is 0 Å². The predicted molar refractivity (Wildman–Crippen MR) is 78.8 cm³/mol. The molecule has 0 saturated heterocycles. The maximum absolute atomic E-state index is 12.3. The Bertz CT molecular complexity index is 476. The number of rotatable bonds is 3.